The van der Waals surface area contributed by atoms with Gasteiger partial charge in [-0.3, -0.25) is 4.98 Å². The van der Waals surface area contributed by atoms with Crippen LogP contribution in [0.15, 0.2) is 12.4 Å². The standard InChI is InChI=1S/C11H15ClN2O/c12-6-10-7-14-11(8-13-10)15-5-4-9-2-1-3-9/h7-9H,1-6H2. The molecule has 0 spiro atoms. The highest BCUT2D eigenvalue weighted by Gasteiger charge is 2.16. The van der Waals surface area contributed by atoms with Crippen molar-refractivity contribution in [1.82, 2.24) is 9.97 Å². The zero-order valence-corrected chi connectivity index (χ0v) is 9.41. The molecule has 0 atom stereocenters. The van der Waals surface area contributed by atoms with E-state index < -0.39 is 0 Å². The van der Waals surface area contributed by atoms with Crippen molar-refractivity contribution in [2.24, 2.45) is 5.92 Å². The van der Waals surface area contributed by atoms with E-state index in [1.165, 1.54) is 19.3 Å². The van der Waals surface area contributed by atoms with Crippen LogP contribution in [0, 0.1) is 5.92 Å². The fraction of sp³-hybridized carbons (Fsp3) is 0.636. The number of halogens is 1. The van der Waals surface area contributed by atoms with Crippen LogP contribution in [-0.4, -0.2) is 16.6 Å². The molecule has 1 fully saturated rings. The molecule has 82 valence electrons. The molecule has 1 aromatic heterocycles. The Labute approximate surface area is 94.8 Å². The van der Waals surface area contributed by atoms with Gasteiger partial charge in [-0.25, -0.2) is 4.98 Å². The number of aromatic nitrogens is 2. The summed E-state index contributed by atoms with van der Waals surface area (Å²) in [4.78, 5) is 8.23. The average Bonchev–Trinajstić information content (AvgIpc) is 2.23. The second-order valence-corrected chi connectivity index (χ2v) is 4.18. The molecule has 0 amide bonds. The number of rotatable bonds is 5. The molecule has 1 aromatic rings. The average molecular weight is 227 g/mol. The highest BCUT2D eigenvalue weighted by atomic mass is 35.5. The van der Waals surface area contributed by atoms with E-state index in [4.69, 9.17) is 16.3 Å². The number of hydrogen-bond donors (Lipinski definition) is 0. The minimum absolute atomic E-state index is 0.398. The van der Waals surface area contributed by atoms with Gasteiger partial charge in [0, 0.05) is 0 Å². The summed E-state index contributed by atoms with van der Waals surface area (Å²) in [5.41, 5.74) is 0.781. The van der Waals surface area contributed by atoms with Gasteiger partial charge >= 0.3 is 0 Å². The number of ether oxygens (including phenoxy) is 1. The van der Waals surface area contributed by atoms with Crippen LogP contribution in [0.2, 0.25) is 0 Å². The Morgan fingerprint density at radius 3 is 2.73 bits per heavy atom. The van der Waals surface area contributed by atoms with Crippen LogP contribution in [0.25, 0.3) is 0 Å². The smallest absolute Gasteiger partial charge is 0.232 e. The third-order valence-electron chi connectivity index (χ3n) is 2.82. The monoisotopic (exact) mass is 226 g/mol. The lowest BCUT2D eigenvalue weighted by Gasteiger charge is -2.24. The van der Waals surface area contributed by atoms with Crippen molar-refractivity contribution in [3.63, 3.8) is 0 Å². The van der Waals surface area contributed by atoms with Gasteiger partial charge in [-0.1, -0.05) is 19.3 Å². The molecule has 0 N–H and O–H groups in total. The van der Waals surface area contributed by atoms with Crippen LogP contribution in [-0.2, 0) is 5.88 Å². The van der Waals surface area contributed by atoms with E-state index in [9.17, 15) is 0 Å². The van der Waals surface area contributed by atoms with Gasteiger partial charge < -0.3 is 4.74 Å². The number of hydrogen-bond acceptors (Lipinski definition) is 3. The highest BCUT2D eigenvalue weighted by Crippen LogP contribution is 2.29. The molecule has 0 bridgehead atoms. The van der Waals surface area contributed by atoms with Crippen molar-refractivity contribution in [2.75, 3.05) is 6.61 Å². The normalized spacial score (nSPS) is 16.1. The van der Waals surface area contributed by atoms with Crippen molar-refractivity contribution >= 4 is 11.6 Å². The van der Waals surface area contributed by atoms with Gasteiger partial charge in [-0.05, 0) is 12.3 Å². The summed E-state index contributed by atoms with van der Waals surface area (Å²) < 4.78 is 5.50. The van der Waals surface area contributed by atoms with Gasteiger partial charge in [0.2, 0.25) is 5.88 Å². The molecular formula is C11H15ClN2O. The molecule has 1 aliphatic rings. The summed E-state index contributed by atoms with van der Waals surface area (Å²) in [6.45, 7) is 0.750. The molecule has 3 nitrogen and oxygen atoms in total. The van der Waals surface area contributed by atoms with Crippen LogP contribution in [0.1, 0.15) is 31.4 Å². The maximum atomic E-state index is 5.61. The van der Waals surface area contributed by atoms with Crippen LogP contribution in [0.3, 0.4) is 0 Å². The fourth-order valence-corrected chi connectivity index (χ4v) is 1.74. The van der Waals surface area contributed by atoms with Crippen molar-refractivity contribution in [3.8, 4) is 5.88 Å². The number of nitrogens with zero attached hydrogens (tertiary/aromatic N) is 2. The molecule has 2 rings (SSSR count). The Balaban J connectivity index is 1.72. The van der Waals surface area contributed by atoms with Crippen molar-refractivity contribution in [1.29, 1.82) is 0 Å². The molecule has 0 unspecified atom stereocenters. The highest BCUT2D eigenvalue weighted by molar-refractivity contribution is 6.16. The van der Waals surface area contributed by atoms with Crippen LogP contribution in [0.4, 0.5) is 0 Å². The zero-order chi connectivity index (χ0) is 10.5. The first-order valence-electron chi connectivity index (χ1n) is 5.38. The maximum Gasteiger partial charge on any atom is 0.232 e. The quantitative estimate of drug-likeness (QED) is 0.725. The predicted molar refractivity (Wildman–Crippen MR) is 59.0 cm³/mol. The van der Waals surface area contributed by atoms with Crippen molar-refractivity contribution in [3.05, 3.63) is 18.1 Å². The van der Waals surface area contributed by atoms with Gasteiger partial charge in [0.05, 0.1) is 30.6 Å². The summed E-state index contributed by atoms with van der Waals surface area (Å²) in [7, 11) is 0. The first-order valence-corrected chi connectivity index (χ1v) is 5.91. The Hall–Kier alpha value is -0.830. The van der Waals surface area contributed by atoms with Crippen molar-refractivity contribution < 1.29 is 4.74 Å². The molecular weight excluding hydrogens is 212 g/mol. The molecule has 0 aromatic carbocycles. The minimum atomic E-state index is 0.398. The molecule has 15 heavy (non-hydrogen) atoms. The van der Waals surface area contributed by atoms with E-state index in [1.807, 2.05) is 0 Å². The molecule has 0 aliphatic heterocycles. The molecule has 1 aliphatic carbocycles. The van der Waals surface area contributed by atoms with Gasteiger partial charge in [0.15, 0.2) is 0 Å². The Kier molecular flexibility index (Phi) is 3.78. The summed E-state index contributed by atoms with van der Waals surface area (Å²) in [5.74, 6) is 1.87. The van der Waals surface area contributed by atoms with E-state index in [-0.39, 0.29) is 0 Å². The van der Waals surface area contributed by atoms with Gasteiger partial charge in [0.1, 0.15) is 0 Å². The fourth-order valence-electron chi connectivity index (χ4n) is 1.60. The third-order valence-corrected chi connectivity index (χ3v) is 3.09. The molecule has 0 saturated heterocycles. The molecule has 1 heterocycles. The Morgan fingerprint density at radius 2 is 2.20 bits per heavy atom. The van der Waals surface area contributed by atoms with E-state index in [0.717, 1.165) is 24.6 Å². The predicted octanol–water partition coefficient (Wildman–Crippen LogP) is 2.78. The first-order chi connectivity index (χ1) is 7.38. The minimum Gasteiger partial charge on any atom is -0.477 e. The molecule has 0 radical (unpaired) electrons. The second-order valence-electron chi connectivity index (χ2n) is 3.91. The summed E-state index contributed by atoms with van der Waals surface area (Å²) in [6.07, 6.45) is 8.54. The van der Waals surface area contributed by atoms with Crippen LogP contribution < -0.4 is 4.74 Å². The van der Waals surface area contributed by atoms with E-state index >= 15 is 0 Å². The lowest BCUT2D eigenvalue weighted by atomic mass is 9.83. The summed E-state index contributed by atoms with van der Waals surface area (Å²) in [5, 5.41) is 0. The van der Waals surface area contributed by atoms with Crippen molar-refractivity contribution in [2.45, 2.75) is 31.6 Å². The van der Waals surface area contributed by atoms with Crippen LogP contribution in [0.5, 0.6) is 5.88 Å². The van der Waals surface area contributed by atoms with Gasteiger partial charge in [0.25, 0.3) is 0 Å². The Morgan fingerprint density at radius 1 is 1.33 bits per heavy atom. The van der Waals surface area contributed by atoms with Gasteiger partial charge in [-0.15, -0.1) is 11.6 Å². The SMILES string of the molecule is ClCc1cnc(OCCC2CCC2)cn1. The summed E-state index contributed by atoms with van der Waals surface area (Å²) in [6, 6.07) is 0. The number of alkyl halides is 1. The van der Waals surface area contributed by atoms with E-state index in [1.54, 1.807) is 12.4 Å². The molecule has 1 saturated carbocycles. The first kappa shape index (κ1) is 10.7. The molecule has 4 heteroatoms. The van der Waals surface area contributed by atoms with E-state index in [0.29, 0.717) is 11.8 Å². The lowest BCUT2D eigenvalue weighted by Crippen LogP contribution is -2.14. The van der Waals surface area contributed by atoms with Gasteiger partial charge in [-0.2, -0.15) is 0 Å². The topological polar surface area (TPSA) is 35.0 Å². The summed E-state index contributed by atoms with van der Waals surface area (Å²) >= 11 is 5.61. The zero-order valence-electron chi connectivity index (χ0n) is 8.66. The Bertz CT molecular complexity index is 298. The maximum absolute atomic E-state index is 5.61. The van der Waals surface area contributed by atoms with E-state index in [2.05, 4.69) is 9.97 Å². The van der Waals surface area contributed by atoms with Crippen LogP contribution >= 0.6 is 11.6 Å². The third kappa shape index (κ3) is 3.06. The second kappa shape index (κ2) is 5.31. The lowest BCUT2D eigenvalue weighted by molar-refractivity contribution is 0.216. The largest absolute Gasteiger partial charge is 0.477 e.